The number of esters is 1. The molecular formula is C40H48N4O7. The number of aliphatic hydroxyl groups excluding tert-OH is 1. The van der Waals surface area contributed by atoms with Crippen LogP contribution in [0, 0.1) is 5.92 Å². The number of aliphatic hydroxyl groups is 1. The van der Waals surface area contributed by atoms with Gasteiger partial charge < -0.3 is 40.6 Å². The lowest BCUT2D eigenvalue weighted by molar-refractivity contribution is -0.165. The van der Waals surface area contributed by atoms with Crippen molar-refractivity contribution in [2.24, 2.45) is 11.7 Å². The van der Waals surface area contributed by atoms with E-state index >= 15 is 0 Å². The molecule has 2 aliphatic rings. The van der Waals surface area contributed by atoms with E-state index in [1.54, 1.807) is 41.3 Å². The third-order valence-corrected chi connectivity index (χ3v) is 10.3. The lowest BCUT2D eigenvalue weighted by Crippen LogP contribution is -2.66. The number of ether oxygens (including phenoxy) is 2. The Labute approximate surface area is 297 Å². The van der Waals surface area contributed by atoms with Crippen molar-refractivity contribution in [3.8, 4) is 11.5 Å². The molecule has 1 aromatic heterocycles. The molecule has 0 unspecified atom stereocenters. The van der Waals surface area contributed by atoms with E-state index in [4.69, 9.17) is 15.2 Å². The maximum absolute atomic E-state index is 13.8. The molecular weight excluding hydrogens is 648 g/mol. The van der Waals surface area contributed by atoms with E-state index in [0.717, 1.165) is 44.1 Å². The summed E-state index contributed by atoms with van der Waals surface area (Å²) < 4.78 is 12.0. The van der Waals surface area contributed by atoms with Crippen molar-refractivity contribution < 1.29 is 29.3 Å². The predicted octanol–water partition coefficient (Wildman–Crippen LogP) is 4.56. The number of carbonyl (C=O) groups is 2. The molecule has 0 radical (unpaired) electrons. The van der Waals surface area contributed by atoms with Crippen LogP contribution in [-0.4, -0.2) is 77.4 Å². The van der Waals surface area contributed by atoms with Gasteiger partial charge in [0.15, 0.2) is 0 Å². The minimum absolute atomic E-state index is 0.0425. The van der Waals surface area contributed by atoms with Crippen LogP contribution in [0.1, 0.15) is 72.5 Å². The monoisotopic (exact) mass is 696 g/mol. The summed E-state index contributed by atoms with van der Waals surface area (Å²) >= 11 is 0. The van der Waals surface area contributed by atoms with Crippen LogP contribution in [0.3, 0.4) is 0 Å². The van der Waals surface area contributed by atoms with Gasteiger partial charge >= 0.3 is 5.97 Å². The Bertz CT molecular complexity index is 1830. The molecule has 2 fully saturated rings. The first kappa shape index (κ1) is 36.1. The quantitative estimate of drug-likeness (QED) is 0.0885. The van der Waals surface area contributed by atoms with Gasteiger partial charge in [0.05, 0.1) is 18.2 Å². The van der Waals surface area contributed by atoms with Crippen LogP contribution < -0.4 is 21.3 Å². The van der Waals surface area contributed by atoms with Crippen LogP contribution >= 0.6 is 0 Å². The normalized spacial score (nSPS) is 17.0. The van der Waals surface area contributed by atoms with Crippen LogP contribution in [-0.2, 0) is 14.9 Å². The second-order valence-electron chi connectivity index (χ2n) is 13.8. The van der Waals surface area contributed by atoms with Gasteiger partial charge in [-0.25, -0.2) is 0 Å². The van der Waals surface area contributed by atoms with Gasteiger partial charge in [-0.2, -0.15) is 0 Å². The summed E-state index contributed by atoms with van der Waals surface area (Å²) in [6, 6.07) is 22.7. The molecule has 1 saturated heterocycles. The zero-order valence-corrected chi connectivity index (χ0v) is 28.9. The number of pyridine rings is 1. The second kappa shape index (κ2) is 16.5. The van der Waals surface area contributed by atoms with E-state index in [1.807, 2.05) is 30.3 Å². The summed E-state index contributed by atoms with van der Waals surface area (Å²) in [6.45, 7) is 2.26. The van der Waals surface area contributed by atoms with Crippen molar-refractivity contribution in [3.63, 3.8) is 0 Å². The van der Waals surface area contributed by atoms with Crippen molar-refractivity contribution in [1.29, 1.82) is 0 Å². The number of hydrogen-bond acceptors (Lipinski definition) is 9. The number of nitrogens with two attached hydrogens (primary N) is 1. The molecule has 6 N–H and O–H groups in total. The molecule has 1 aliphatic carbocycles. The number of carbonyl (C=O) groups excluding carboxylic acids is 2. The number of phenols is 1. The van der Waals surface area contributed by atoms with Crippen molar-refractivity contribution in [2.45, 2.75) is 62.6 Å². The minimum Gasteiger partial charge on any atom is -0.506 e. The molecule has 1 amide bonds. The first-order chi connectivity index (χ1) is 24.8. The fraction of sp³-hybridized carbons (Fsp3) is 0.425. The summed E-state index contributed by atoms with van der Waals surface area (Å²) in [6.07, 6.45) is 5.99. The number of likely N-dealkylation sites (tertiary alicyclic amines) is 1. The highest BCUT2D eigenvalue weighted by Crippen LogP contribution is 2.38. The number of unbranched alkanes of at least 4 members (excludes halogenated alkanes) is 1. The van der Waals surface area contributed by atoms with Crippen molar-refractivity contribution in [2.75, 3.05) is 39.3 Å². The number of aromatic hydroxyl groups is 1. The van der Waals surface area contributed by atoms with Gasteiger partial charge in [-0.1, -0.05) is 55.7 Å². The van der Waals surface area contributed by atoms with Crippen molar-refractivity contribution in [1.82, 2.24) is 15.2 Å². The smallest absolute Gasteiger partial charge is 0.320 e. The van der Waals surface area contributed by atoms with Crippen LogP contribution in [0.25, 0.3) is 10.9 Å². The number of amides is 1. The van der Waals surface area contributed by atoms with Gasteiger partial charge in [0.1, 0.15) is 23.0 Å². The Balaban J connectivity index is 0.949. The maximum Gasteiger partial charge on any atom is 0.320 e. The molecule has 2 atom stereocenters. The number of fused-ring (bicyclic) bond motifs is 1. The molecule has 2 heterocycles. The highest BCUT2D eigenvalue weighted by atomic mass is 16.5. The Morgan fingerprint density at radius 2 is 1.71 bits per heavy atom. The largest absolute Gasteiger partial charge is 0.506 e. The fourth-order valence-corrected chi connectivity index (χ4v) is 7.35. The molecule has 270 valence electrons. The SMILES string of the molecule is NC[C@H](OC(=O)C1(c2ccccc2)CN(C(=O)c2ccc(OCCCCNC[C@H](O)c3ccc(O)c4[nH]c(=O)ccc34)cc2)C1)C1CCCCC1. The van der Waals surface area contributed by atoms with Gasteiger partial charge in [0, 0.05) is 43.2 Å². The number of nitrogens with one attached hydrogen (secondary N) is 2. The fourth-order valence-electron chi connectivity index (χ4n) is 7.35. The Morgan fingerprint density at radius 1 is 0.961 bits per heavy atom. The van der Waals surface area contributed by atoms with Crippen LogP contribution in [0.4, 0.5) is 0 Å². The number of benzene rings is 3. The highest BCUT2D eigenvalue weighted by molar-refractivity contribution is 5.98. The summed E-state index contributed by atoms with van der Waals surface area (Å²) in [4.78, 5) is 43.2. The summed E-state index contributed by atoms with van der Waals surface area (Å²) in [7, 11) is 0. The number of phenolic OH excluding ortho intramolecular Hbond substituents is 1. The number of nitrogens with zero attached hydrogens (tertiary/aromatic N) is 1. The van der Waals surface area contributed by atoms with Crippen molar-refractivity contribution in [3.05, 3.63) is 106 Å². The predicted molar refractivity (Wildman–Crippen MR) is 195 cm³/mol. The van der Waals surface area contributed by atoms with Crippen molar-refractivity contribution >= 4 is 22.8 Å². The summed E-state index contributed by atoms with van der Waals surface area (Å²) in [5.74, 6) is 0.445. The highest BCUT2D eigenvalue weighted by Gasteiger charge is 2.54. The molecule has 11 heteroatoms. The first-order valence-electron chi connectivity index (χ1n) is 18.0. The minimum atomic E-state index is -0.920. The standard InChI is InChI=1S/C40H48N4O7/c41-23-35(27-9-3-1-4-10-27)51-39(49)40(29-11-5-2-6-12-29)25-44(26-40)38(48)28-13-15-30(16-14-28)50-22-8-7-21-42-24-34(46)31-17-19-33(45)37-32(31)18-20-36(47)43-37/h2,5-6,11-20,27,34-35,42,45-46H,1,3-4,7-10,21-26,41H2,(H,43,47)/t34-,35-/m0/s1. The van der Waals surface area contributed by atoms with E-state index in [9.17, 15) is 24.6 Å². The Kier molecular flexibility index (Phi) is 11.7. The Hall–Kier alpha value is -4.71. The maximum atomic E-state index is 13.8. The molecule has 1 saturated carbocycles. The van der Waals surface area contributed by atoms with Gasteiger partial charge in [0.25, 0.3) is 5.91 Å². The van der Waals surface area contributed by atoms with Crippen LogP contribution in [0.2, 0.25) is 0 Å². The second-order valence-corrected chi connectivity index (χ2v) is 13.8. The number of aromatic nitrogens is 1. The average Bonchev–Trinajstić information content (AvgIpc) is 3.14. The molecule has 11 nitrogen and oxygen atoms in total. The number of H-pyrrole nitrogens is 1. The van der Waals surface area contributed by atoms with Crippen LogP contribution in [0.15, 0.2) is 83.7 Å². The lowest BCUT2D eigenvalue weighted by Gasteiger charge is -2.49. The molecule has 0 spiro atoms. The molecule has 4 aromatic rings. The van der Waals surface area contributed by atoms with Gasteiger partial charge in [0.2, 0.25) is 5.56 Å². The van der Waals surface area contributed by atoms with E-state index in [-0.39, 0.29) is 48.3 Å². The third kappa shape index (κ3) is 8.27. The van der Waals surface area contributed by atoms with E-state index in [2.05, 4.69) is 10.3 Å². The molecule has 1 aliphatic heterocycles. The third-order valence-electron chi connectivity index (χ3n) is 10.3. The van der Waals surface area contributed by atoms with Gasteiger partial charge in [-0.05, 0) is 85.7 Å². The summed E-state index contributed by atoms with van der Waals surface area (Å²) in [5, 5.41) is 24.6. The average molecular weight is 697 g/mol. The zero-order valence-electron chi connectivity index (χ0n) is 28.9. The first-order valence-corrected chi connectivity index (χ1v) is 18.0. The van der Waals surface area contributed by atoms with Gasteiger partial charge in [-0.15, -0.1) is 0 Å². The molecule has 0 bridgehead atoms. The number of rotatable bonds is 15. The topological polar surface area (TPSA) is 167 Å². The molecule has 51 heavy (non-hydrogen) atoms. The van der Waals surface area contributed by atoms with E-state index < -0.39 is 11.5 Å². The van der Waals surface area contributed by atoms with E-state index in [0.29, 0.717) is 54.0 Å². The Morgan fingerprint density at radius 3 is 2.43 bits per heavy atom. The molecule has 6 rings (SSSR count). The van der Waals surface area contributed by atoms with Crippen LogP contribution in [0.5, 0.6) is 11.5 Å². The van der Waals surface area contributed by atoms with E-state index in [1.165, 1.54) is 18.6 Å². The number of aromatic amines is 1. The lowest BCUT2D eigenvalue weighted by atomic mass is 9.73. The zero-order chi connectivity index (χ0) is 35.8. The molecule has 3 aromatic carbocycles. The summed E-state index contributed by atoms with van der Waals surface area (Å²) in [5.41, 5.74) is 7.14. The number of hydrogen-bond donors (Lipinski definition) is 5. The van der Waals surface area contributed by atoms with Gasteiger partial charge in [-0.3, -0.25) is 14.4 Å².